The Morgan fingerprint density at radius 2 is 2.00 bits per heavy atom. The summed E-state index contributed by atoms with van der Waals surface area (Å²) < 4.78 is 12.9. The normalized spacial score (nSPS) is 26.8. The van der Waals surface area contributed by atoms with E-state index in [1.807, 2.05) is 12.1 Å². The first-order valence-electron chi connectivity index (χ1n) is 6.71. The second-order valence-electron chi connectivity index (χ2n) is 5.28. The van der Waals surface area contributed by atoms with Crippen molar-refractivity contribution in [3.05, 3.63) is 35.6 Å². The standard InChI is InChI=1S/C15H22FN/c1-2-11-4-3-5-13(10-11)15(17)12-6-8-14(16)9-7-12/h6-9,11,13,15H,2-5,10,17H2,1H3. The predicted octanol–water partition coefficient (Wildman–Crippen LogP) is 4.04. The molecule has 0 saturated heterocycles. The molecule has 1 aromatic carbocycles. The smallest absolute Gasteiger partial charge is 0.123 e. The van der Waals surface area contributed by atoms with Gasteiger partial charge in [-0.15, -0.1) is 0 Å². The van der Waals surface area contributed by atoms with Gasteiger partial charge in [0.25, 0.3) is 0 Å². The summed E-state index contributed by atoms with van der Waals surface area (Å²) >= 11 is 0. The Balaban J connectivity index is 2.03. The third-order valence-corrected chi connectivity index (χ3v) is 4.16. The minimum absolute atomic E-state index is 0.0740. The average Bonchev–Trinajstić information content (AvgIpc) is 2.39. The summed E-state index contributed by atoms with van der Waals surface area (Å²) in [6, 6.07) is 6.75. The molecule has 0 heterocycles. The van der Waals surface area contributed by atoms with Crippen LogP contribution < -0.4 is 5.73 Å². The van der Waals surface area contributed by atoms with Gasteiger partial charge in [0.1, 0.15) is 5.82 Å². The summed E-state index contributed by atoms with van der Waals surface area (Å²) in [5.74, 6) is 1.22. The average molecular weight is 235 g/mol. The molecule has 1 aliphatic rings. The van der Waals surface area contributed by atoms with Gasteiger partial charge >= 0.3 is 0 Å². The number of hydrogen-bond acceptors (Lipinski definition) is 1. The Labute approximate surface area is 103 Å². The van der Waals surface area contributed by atoms with Crippen LogP contribution in [0.3, 0.4) is 0 Å². The zero-order valence-electron chi connectivity index (χ0n) is 10.5. The molecular weight excluding hydrogens is 213 g/mol. The van der Waals surface area contributed by atoms with Crippen LogP contribution >= 0.6 is 0 Å². The van der Waals surface area contributed by atoms with Gasteiger partial charge in [-0.05, 0) is 42.4 Å². The van der Waals surface area contributed by atoms with Gasteiger partial charge in [-0.3, -0.25) is 0 Å². The second-order valence-corrected chi connectivity index (χ2v) is 5.28. The van der Waals surface area contributed by atoms with Crippen molar-refractivity contribution in [1.82, 2.24) is 0 Å². The zero-order chi connectivity index (χ0) is 12.3. The molecule has 1 aromatic rings. The monoisotopic (exact) mass is 235 g/mol. The van der Waals surface area contributed by atoms with Gasteiger partial charge in [-0.1, -0.05) is 38.3 Å². The van der Waals surface area contributed by atoms with Crippen molar-refractivity contribution >= 4 is 0 Å². The van der Waals surface area contributed by atoms with Crippen LogP contribution in [0.25, 0.3) is 0 Å². The Bertz CT molecular complexity index is 346. The van der Waals surface area contributed by atoms with Gasteiger partial charge in [0.15, 0.2) is 0 Å². The first-order chi connectivity index (χ1) is 8.20. The molecule has 3 unspecified atom stereocenters. The van der Waals surface area contributed by atoms with Crippen LogP contribution in [0.2, 0.25) is 0 Å². The molecule has 0 aromatic heterocycles. The number of benzene rings is 1. The summed E-state index contributed by atoms with van der Waals surface area (Å²) in [6.45, 7) is 2.26. The van der Waals surface area contributed by atoms with E-state index in [1.165, 1.54) is 44.2 Å². The predicted molar refractivity (Wildman–Crippen MR) is 69.1 cm³/mol. The highest BCUT2D eigenvalue weighted by molar-refractivity contribution is 5.20. The lowest BCUT2D eigenvalue weighted by atomic mass is 9.75. The van der Waals surface area contributed by atoms with Crippen molar-refractivity contribution in [3.63, 3.8) is 0 Å². The van der Waals surface area contributed by atoms with E-state index in [2.05, 4.69) is 6.92 Å². The van der Waals surface area contributed by atoms with Crippen molar-refractivity contribution in [2.75, 3.05) is 0 Å². The molecule has 94 valence electrons. The van der Waals surface area contributed by atoms with Crippen molar-refractivity contribution < 1.29 is 4.39 Å². The minimum atomic E-state index is -0.184. The topological polar surface area (TPSA) is 26.0 Å². The molecule has 3 atom stereocenters. The number of rotatable bonds is 3. The highest BCUT2D eigenvalue weighted by atomic mass is 19.1. The van der Waals surface area contributed by atoms with E-state index in [0.717, 1.165) is 11.5 Å². The molecule has 1 aliphatic carbocycles. The maximum Gasteiger partial charge on any atom is 0.123 e. The van der Waals surface area contributed by atoms with E-state index >= 15 is 0 Å². The molecule has 1 nitrogen and oxygen atoms in total. The summed E-state index contributed by atoms with van der Waals surface area (Å²) in [4.78, 5) is 0. The number of hydrogen-bond donors (Lipinski definition) is 1. The first-order valence-corrected chi connectivity index (χ1v) is 6.71. The van der Waals surface area contributed by atoms with Crippen LogP contribution in [0.15, 0.2) is 24.3 Å². The van der Waals surface area contributed by atoms with E-state index in [0.29, 0.717) is 5.92 Å². The Morgan fingerprint density at radius 3 is 2.65 bits per heavy atom. The molecule has 2 heteroatoms. The first kappa shape index (κ1) is 12.6. The van der Waals surface area contributed by atoms with Crippen LogP contribution in [0, 0.1) is 17.7 Å². The summed E-state index contributed by atoms with van der Waals surface area (Å²) in [5, 5.41) is 0. The van der Waals surface area contributed by atoms with Gasteiger partial charge in [0.05, 0.1) is 0 Å². The van der Waals surface area contributed by atoms with E-state index < -0.39 is 0 Å². The lowest BCUT2D eigenvalue weighted by Crippen LogP contribution is -2.26. The molecular formula is C15H22FN. The Kier molecular flexibility index (Phi) is 4.16. The number of nitrogens with two attached hydrogens (primary N) is 1. The van der Waals surface area contributed by atoms with Gasteiger partial charge in [-0.25, -0.2) is 4.39 Å². The summed E-state index contributed by atoms with van der Waals surface area (Å²) in [5.41, 5.74) is 7.39. The van der Waals surface area contributed by atoms with Crippen LogP contribution in [0.5, 0.6) is 0 Å². The third kappa shape index (κ3) is 3.06. The lowest BCUT2D eigenvalue weighted by molar-refractivity contribution is 0.230. The second kappa shape index (κ2) is 5.63. The minimum Gasteiger partial charge on any atom is -0.324 e. The fourth-order valence-electron chi connectivity index (χ4n) is 2.99. The molecule has 0 radical (unpaired) electrons. The molecule has 17 heavy (non-hydrogen) atoms. The van der Waals surface area contributed by atoms with E-state index in [4.69, 9.17) is 5.73 Å². The molecule has 0 bridgehead atoms. The molecule has 2 N–H and O–H groups in total. The van der Waals surface area contributed by atoms with Gasteiger partial charge < -0.3 is 5.73 Å². The maximum atomic E-state index is 12.9. The Hall–Kier alpha value is -0.890. The maximum absolute atomic E-state index is 12.9. The van der Waals surface area contributed by atoms with Gasteiger partial charge in [-0.2, -0.15) is 0 Å². The highest BCUT2D eigenvalue weighted by Gasteiger charge is 2.26. The molecule has 0 aliphatic heterocycles. The van der Waals surface area contributed by atoms with Crippen LogP contribution in [-0.4, -0.2) is 0 Å². The Morgan fingerprint density at radius 1 is 1.29 bits per heavy atom. The molecule has 0 spiro atoms. The van der Waals surface area contributed by atoms with Crippen LogP contribution in [0.4, 0.5) is 4.39 Å². The van der Waals surface area contributed by atoms with Crippen LogP contribution in [-0.2, 0) is 0 Å². The highest BCUT2D eigenvalue weighted by Crippen LogP contribution is 2.37. The summed E-state index contributed by atoms with van der Waals surface area (Å²) in [6.07, 6.45) is 6.35. The third-order valence-electron chi connectivity index (χ3n) is 4.16. The van der Waals surface area contributed by atoms with Gasteiger partial charge in [0, 0.05) is 6.04 Å². The zero-order valence-corrected chi connectivity index (χ0v) is 10.5. The summed E-state index contributed by atoms with van der Waals surface area (Å²) in [7, 11) is 0. The molecule has 1 saturated carbocycles. The van der Waals surface area contributed by atoms with Gasteiger partial charge in [0.2, 0.25) is 0 Å². The molecule has 2 rings (SSSR count). The SMILES string of the molecule is CCC1CCCC(C(N)c2ccc(F)cc2)C1. The quantitative estimate of drug-likeness (QED) is 0.840. The van der Waals surface area contributed by atoms with Crippen molar-refractivity contribution in [1.29, 1.82) is 0 Å². The number of halogens is 1. The van der Waals surface area contributed by atoms with E-state index in [-0.39, 0.29) is 11.9 Å². The molecule has 0 amide bonds. The lowest BCUT2D eigenvalue weighted by Gasteiger charge is -2.32. The van der Waals surface area contributed by atoms with Crippen molar-refractivity contribution in [2.24, 2.45) is 17.6 Å². The fraction of sp³-hybridized carbons (Fsp3) is 0.600. The largest absolute Gasteiger partial charge is 0.324 e. The van der Waals surface area contributed by atoms with Crippen LogP contribution in [0.1, 0.15) is 50.6 Å². The van der Waals surface area contributed by atoms with Crippen molar-refractivity contribution in [2.45, 2.75) is 45.1 Å². The van der Waals surface area contributed by atoms with E-state index in [1.54, 1.807) is 0 Å². The van der Waals surface area contributed by atoms with Crippen molar-refractivity contribution in [3.8, 4) is 0 Å². The fourth-order valence-corrected chi connectivity index (χ4v) is 2.99. The van der Waals surface area contributed by atoms with E-state index in [9.17, 15) is 4.39 Å². The molecule has 1 fully saturated rings.